The largest absolute Gasteiger partial charge is 0.356 e. The maximum Gasteiger partial charge on any atom is 0.246 e. The number of anilines is 2. The Morgan fingerprint density at radius 1 is 1.11 bits per heavy atom. The summed E-state index contributed by atoms with van der Waals surface area (Å²) >= 11 is 0. The van der Waals surface area contributed by atoms with Crippen molar-refractivity contribution in [2.24, 2.45) is 11.8 Å². The van der Waals surface area contributed by atoms with Crippen LogP contribution in [0.1, 0.15) is 27.7 Å². The van der Waals surface area contributed by atoms with Crippen molar-refractivity contribution in [1.82, 2.24) is 10.3 Å². The van der Waals surface area contributed by atoms with Crippen LogP contribution in [0, 0.1) is 17.7 Å². The Kier molecular flexibility index (Phi) is 5.10. The van der Waals surface area contributed by atoms with Gasteiger partial charge in [0, 0.05) is 11.7 Å². The van der Waals surface area contributed by atoms with Gasteiger partial charge in [0.05, 0.1) is 35.0 Å². The minimum absolute atomic E-state index is 0.0125. The van der Waals surface area contributed by atoms with E-state index in [2.05, 4.69) is 15.6 Å². The van der Waals surface area contributed by atoms with Gasteiger partial charge in [-0.25, -0.2) is 4.39 Å². The van der Waals surface area contributed by atoms with Crippen LogP contribution in [0.15, 0.2) is 60.9 Å². The van der Waals surface area contributed by atoms with Crippen LogP contribution in [0.5, 0.6) is 0 Å². The van der Waals surface area contributed by atoms with E-state index in [9.17, 15) is 18.8 Å². The van der Waals surface area contributed by atoms with E-state index in [1.54, 1.807) is 43.5 Å². The standard InChI is InChI=1S/C26H27FN4O4/c1-24(2,3)30-22(33)20-26-12-11-25(4,35-26)18(21(32)29-17-10-6-5-9-16(17)27)19(26)23(34)31(20)15-8-7-13-28-14-15/h5-14,18-20H,1-4H3,(H,29,32)(H,30,33)/t18-,19+,20-,25+,26-/m1/s1. The highest BCUT2D eigenvalue weighted by atomic mass is 19.1. The smallest absolute Gasteiger partial charge is 0.246 e. The molecule has 35 heavy (non-hydrogen) atoms. The number of hydrogen-bond donors (Lipinski definition) is 2. The molecule has 0 saturated carbocycles. The van der Waals surface area contributed by atoms with Gasteiger partial charge in [-0.05, 0) is 52.0 Å². The first kappa shape index (κ1) is 23.2. The zero-order chi connectivity index (χ0) is 25.2. The summed E-state index contributed by atoms with van der Waals surface area (Å²) in [7, 11) is 0. The van der Waals surface area contributed by atoms with Gasteiger partial charge in [0.2, 0.25) is 17.7 Å². The van der Waals surface area contributed by atoms with Gasteiger partial charge in [0.25, 0.3) is 0 Å². The molecule has 3 aliphatic heterocycles. The molecule has 4 heterocycles. The van der Waals surface area contributed by atoms with Crippen LogP contribution in [0.2, 0.25) is 0 Å². The molecule has 0 unspecified atom stereocenters. The molecule has 1 aromatic heterocycles. The number of pyridine rings is 1. The van der Waals surface area contributed by atoms with Crippen LogP contribution >= 0.6 is 0 Å². The van der Waals surface area contributed by atoms with Crippen LogP contribution in [0.4, 0.5) is 15.8 Å². The average molecular weight is 479 g/mol. The number of ether oxygens (including phenoxy) is 1. The van der Waals surface area contributed by atoms with E-state index in [0.717, 1.165) is 0 Å². The SMILES string of the molecule is CC(C)(C)NC(=O)[C@H]1N(c2cccnc2)C(=O)[C@@H]2[C@H](C(=O)Nc3ccccc3F)[C@]3(C)C=C[C@@]21O3. The highest BCUT2D eigenvalue weighted by Gasteiger charge is 2.76. The highest BCUT2D eigenvalue weighted by Crippen LogP contribution is 2.60. The number of nitrogens with one attached hydrogen (secondary N) is 2. The van der Waals surface area contributed by atoms with Crippen LogP contribution < -0.4 is 15.5 Å². The van der Waals surface area contributed by atoms with Gasteiger partial charge in [-0.3, -0.25) is 24.3 Å². The molecule has 2 aromatic rings. The second-order valence-corrected chi connectivity index (χ2v) is 10.5. The van der Waals surface area contributed by atoms with Crippen LogP contribution in [-0.4, -0.2) is 45.5 Å². The molecule has 0 radical (unpaired) electrons. The Bertz CT molecular complexity index is 1240. The highest BCUT2D eigenvalue weighted by molar-refractivity contribution is 6.11. The van der Waals surface area contributed by atoms with Crippen molar-refractivity contribution in [3.63, 3.8) is 0 Å². The van der Waals surface area contributed by atoms with Crippen LogP contribution in [0.3, 0.4) is 0 Å². The fourth-order valence-electron chi connectivity index (χ4n) is 5.52. The first-order valence-electron chi connectivity index (χ1n) is 11.5. The van der Waals surface area contributed by atoms with Gasteiger partial charge in [0.1, 0.15) is 17.5 Å². The predicted octanol–water partition coefficient (Wildman–Crippen LogP) is 2.82. The number of fused-ring (bicyclic) bond motifs is 1. The Morgan fingerprint density at radius 3 is 2.51 bits per heavy atom. The number of nitrogens with zero attached hydrogens (tertiary/aromatic N) is 2. The zero-order valence-corrected chi connectivity index (χ0v) is 19.9. The molecular weight excluding hydrogens is 451 g/mol. The van der Waals surface area contributed by atoms with E-state index in [4.69, 9.17) is 4.74 Å². The summed E-state index contributed by atoms with van der Waals surface area (Å²) in [5.41, 5.74) is -2.64. The van der Waals surface area contributed by atoms with Gasteiger partial charge in [0.15, 0.2) is 0 Å². The van der Waals surface area contributed by atoms with E-state index in [1.807, 2.05) is 20.8 Å². The minimum atomic E-state index is -1.37. The van der Waals surface area contributed by atoms with E-state index < -0.39 is 58.2 Å². The third kappa shape index (κ3) is 3.53. The molecule has 182 valence electrons. The Labute approximate surface area is 202 Å². The third-order valence-corrected chi connectivity index (χ3v) is 6.78. The first-order valence-corrected chi connectivity index (χ1v) is 11.5. The lowest BCUT2D eigenvalue weighted by Crippen LogP contribution is -2.58. The molecular formula is C26H27FN4O4. The number of benzene rings is 1. The normalized spacial score (nSPS) is 30.9. The Balaban J connectivity index is 1.59. The lowest BCUT2D eigenvalue weighted by atomic mass is 9.70. The summed E-state index contributed by atoms with van der Waals surface area (Å²) in [4.78, 5) is 46.6. The summed E-state index contributed by atoms with van der Waals surface area (Å²) in [6.45, 7) is 7.25. The number of carbonyl (C=O) groups is 3. The zero-order valence-electron chi connectivity index (χ0n) is 19.9. The molecule has 1 aromatic carbocycles. The Morgan fingerprint density at radius 2 is 1.86 bits per heavy atom. The number of hydrogen-bond acceptors (Lipinski definition) is 5. The summed E-state index contributed by atoms with van der Waals surface area (Å²) in [5.74, 6) is -3.93. The van der Waals surface area contributed by atoms with E-state index in [-0.39, 0.29) is 5.69 Å². The quantitative estimate of drug-likeness (QED) is 0.659. The van der Waals surface area contributed by atoms with E-state index in [0.29, 0.717) is 5.69 Å². The van der Waals surface area contributed by atoms with Gasteiger partial charge >= 0.3 is 0 Å². The van der Waals surface area contributed by atoms with Gasteiger partial charge < -0.3 is 15.4 Å². The van der Waals surface area contributed by atoms with Crippen molar-refractivity contribution in [2.45, 2.75) is 50.5 Å². The maximum atomic E-state index is 14.3. The van der Waals surface area contributed by atoms with E-state index >= 15 is 0 Å². The van der Waals surface area contributed by atoms with Crippen molar-refractivity contribution in [2.75, 3.05) is 10.2 Å². The lowest BCUT2D eigenvalue weighted by Gasteiger charge is -2.34. The number of aromatic nitrogens is 1. The molecule has 5 rings (SSSR count). The molecule has 2 fully saturated rings. The minimum Gasteiger partial charge on any atom is -0.356 e. The number of rotatable bonds is 4. The summed E-state index contributed by atoms with van der Waals surface area (Å²) in [6, 6.07) is 8.12. The monoisotopic (exact) mass is 478 g/mol. The average Bonchev–Trinajstić information content (AvgIpc) is 3.35. The summed E-state index contributed by atoms with van der Waals surface area (Å²) < 4.78 is 20.7. The number of para-hydroxylation sites is 1. The molecule has 2 N–H and O–H groups in total. The molecule has 3 amide bonds. The fourth-order valence-corrected chi connectivity index (χ4v) is 5.52. The maximum absolute atomic E-state index is 14.3. The molecule has 2 bridgehead atoms. The molecule has 8 nitrogen and oxygen atoms in total. The van der Waals surface area contributed by atoms with E-state index in [1.165, 1.54) is 29.3 Å². The third-order valence-electron chi connectivity index (χ3n) is 6.78. The number of carbonyl (C=O) groups excluding carboxylic acids is 3. The number of amides is 3. The van der Waals surface area contributed by atoms with Crippen molar-refractivity contribution in [1.29, 1.82) is 0 Å². The fraction of sp³-hybridized carbons (Fsp3) is 0.385. The Hall–Kier alpha value is -3.59. The molecule has 3 aliphatic rings. The number of halogens is 1. The topological polar surface area (TPSA) is 101 Å². The van der Waals surface area contributed by atoms with Gasteiger partial charge in [-0.2, -0.15) is 0 Å². The molecule has 9 heteroatoms. The predicted molar refractivity (Wildman–Crippen MR) is 127 cm³/mol. The van der Waals surface area contributed by atoms with Gasteiger partial charge in [-0.15, -0.1) is 0 Å². The molecule has 2 saturated heterocycles. The first-order chi connectivity index (χ1) is 16.5. The summed E-state index contributed by atoms with van der Waals surface area (Å²) in [5, 5.41) is 5.58. The molecule has 0 aliphatic carbocycles. The second kappa shape index (κ2) is 7.71. The molecule has 5 atom stereocenters. The van der Waals surface area contributed by atoms with Crippen molar-refractivity contribution >= 4 is 29.1 Å². The molecule has 1 spiro atoms. The lowest BCUT2D eigenvalue weighted by molar-refractivity contribution is -0.131. The van der Waals surface area contributed by atoms with Crippen molar-refractivity contribution in [3.05, 3.63) is 66.8 Å². The van der Waals surface area contributed by atoms with Crippen molar-refractivity contribution in [3.8, 4) is 0 Å². The second-order valence-electron chi connectivity index (χ2n) is 10.5. The van der Waals surface area contributed by atoms with Crippen molar-refractivity contribution < 1.29 is 23.5 Å². The van der Waals surface area contributed by atoms with Crippen LogP contribution in [0.25, 0.3) is 0 Å². The van der Waals surface area contributed by atoms with Crippen LogP contribution in [-0.2, 0) is 19.1 Å². The van der Waals surface area contributed by atoms with Gasteiger partial charge in [-0.1, -0.05) is 24.3 Å². The summed E-state index contributed by atoms with van der Waals surface area (Å²) in [6.07, 6.45) is 6.53.